The van der Waals surface area contributed by atoms with Gasteiger partial charge in [0.1, 0.15) is 0 Å². The molecule has 0 heterocycles. The summed E-state index contributed by atoms with van der Waals surface area (Å²) in [4.78, 5) is 0. The van der Waals surface area contributed by atoms with E-state index in [0.29, 0.717) is 12.8 Å². The third kappa shape index (κ3) is 2.60. The summed E-state index contributed by atoms with van der Waals surface area (Å²) in [6.07, 6.45) is -0.943. The summed E-state index contributed by atoms with van der Waals surface area (Å²) in [5, 5.41) is 10.7. The quantitative estimate of drug-likeness (QED) is 0.389. The summed E-state index contributed by atoms with van der Waals surface area (Å²) in [7, 11) is 0. The van der Waals surface area contributed by atoms with Crippen molar-refractivity contribution in [3.63, 3.8) is 0 Å². The van der Waals surface area contributed by atoms with Crippen LogP contribution in [0.15, 0.2) is 5.16 Å². The van der Waals surface area contributed by atoms with E-state index in [-0.39, 0.29) is 0 Å². The number of alkyl halides is 3. The van der Waals surface area contributed by atoms with Crippen molar-refractivity contribution in [1.29, 1.82) is 0 Å². The van der Waals surface area contributed by atoms with E-state index < -0.39 is 17.8 Å². The Balaban J connectivity index is 2.66. The summed E-state index contributed by atoms with van der Waals surface area (Å²) in [6.45, 7) is 0. The highest BCUT2D eigenvalue weighted by molar-refractivity contribution is 5.91. The molecule has 1 aliphatic rings. The van der Waals surface area contributed by atoms with E-state index in [2.05, 4.69) is 5.16 Å². The molecule has 0 amide bonds. The highest BCUT2D eigenvalue weighted by atomic mass is 19.4. The fourth-order valence-electron chi connectivity index (χ4n) is 1.75. The van der Waals surface area contributed by atoms with Gasteiger partial charge in [-0.3, -0.25) is 0 Å². The Labute approximate surface area is 74.4 Å². The minimum absolute atomic E-state index is 0.485. The maximum absolute atomic E-state index is 12.2. The Kier molecular flexibility index (Phi) is 3.17. The SMILES string of the molecule is ON=C(C1CCCCC1)C(F)(F)F. The van der Waals surface area contributed by atoms with Crippen LogP contribution in [0.25, 0.3) is 0 Å². The first-order chi connectivity index (χ1) is 6.05. The third-order valence-electron chi connectivity index (χ3n) is 2.39. The smallest absolute Gasteiger partial charge is 0.411 e. The second kappa shape index (κ2) is 3.98. The van der Waals surface area contributed by atoms with Gasteiger partial charge in [-0.2, -0.15) is 13.2 Å². The Morgan fingerprint density at radius 1 is 1.15 bits per heavy atom. The van der Waals surface area contributed by atoms with Crippen molar-refractivity contribution in [2.45, 2.75) is 38.3 Å². The van der Waals surface area contributed by atoms with E-state index in [4.69, 9.17) is 5.21 Å². The zero-order valence-corrected chi connectivity index (χ0v) is 7.14. The molecule has 0 aromatic carbocycles. The van der Waals surface area contributed by atoms with Crippen molar-refractivity contribution < 1.29 is 18.4 Å². The monoisotopic (exact) mass is 195 g/mol. The van der Waals surface area contributed by atoms with Crippen molar-refractivity contribution in [3.05, 3.63) is 0 Å². The molecule has 0 aromatic rings. The van der Waals surface area contributed by atoms with Crippen LogP contribution in [0, 0.1) is 5.92 Å². The van der Waals surface area contributed by atoms with Crippen LogP contribution in [0.2, 0.25) is 0 Å². The van der Waals surface area contributed by atoms with Crippen molar-refractivity contribution in [3.8, 4) is 0 Å². The first-order valence-corrected chi connectivity index (χ1v) is 4.35. The molecule has 5 heteroatoms. The van der Waals surface area contributed by atoms with Crippen LogP contribution in [0.4, 0.5) is 13.2 Å². The van der Waals surface area contributed by atoms with Gasteiger partial charge in [0, 0.05) is 5.92 Å². The van der Waals surface area contributed by atoms with E-state index in [9.17, 15) is 13.2 Å². The van der Waals surface area contributed by atoms with Crippen molar-refractivity contribution in [2.24, 2.45) is 11.1 Å². The molecule has 0 aromatic heterocycles. The predicted octanol–water partition coefficient (Wildman–Crippen LogP) is 2.96. The van der Waals surface area contributed by atoms with Crippen LogP contribution in [-0.2, 0) is 0 Å². The summed E-state index contributed by atoms with van der Waals surface area (Å²) in [5.74, 6) is -0.598. The van der Waals surface area contributed by atoms with Gasteiger partial charge in [-0.15, -0.1) is 0 Å². The Hall–Kier alpha value is -0.740. The van der Waals surface area contributed by atoms with Gasteiger partial charge in [0.05, 0.1) is 0 Å². The summed E-state index contributed by atoms with van der Waals surface area (Å²) in [5.41, 5.74) is -1.01. The highest BCUT2D eigenvalue weighted by Gasteiger charge is 2.41. The molecule has 0 bridgehead atoms. The third-order valence-corrected chi connectivity index (χ3v) is 2.39. The van der Waals surface area contributed by atoms with Crippen molar-refractivity contribution >= 4 is 5.71 Å². The largest absolute Gasteiger partial charge is 0.432 e. The van der Waals surface area contributed by atoms with Crippen LogP contribution < -0.4 is 0 Å². The Morgan fingerprint density at radius 2 is 1.69 bits per heavy atom. The maximum Gasteiger partial charge on any atom is 0.432 e. The zero-order chi connectivity index (χ0) is 9.90. The molecule has 0 unspecified atom stereocenters. The lowest BCUT2D eigenvalue weighted by Crippen LogP contribution is -2.32. The molecule has 1 N–H and O–H groups in total. The number of oxime groups is 1. The lowest BCUT2D eigenvalue weighted by atomic mass is 9.85. The number of hydrogen-bond acceptors (Lipinski definition) is 2. The summed E-state index contributed by atoms with van der Waals surface area (Å²) < 4.78 is 36.6. The van der Waals surface area contributed by atoms with Crippen LogP contribution in [-0.4, -0.2) is 17.1 Å². The second-order valence-corrected chi connectivity index (χ2v) is 3.32. The van der Waals surface area contributed by atoms with Gasteiger partial charge >= 0.3 is 6.18 Å². The highest BCUT2D eigenvalue weighted by Crippen LogP contribution is 2.31. The average molecular weight is 195 g/mol. The van der Waals surface area contributed by atoms with Gasteiger partial charge in [-0.25, -0.2) is 0 Å². The molecule has 0 radical (unpaired) electrons. The van der Waals surface area contributed by atoms with Crippen LogP contribution in [0.5, 0.6) is 0 Å². The number of nitrogens with zero attached hydrogens (tertiary/aromatic N) is 1. The second-order valence-electron chi connectivity index (χ2n) is 3.32. The van der Waals surface area contributed by atoms with E-state index in [1.54, 1.807) is 0 Å². The number of halogens is 3. The van der Waals surface area contributed by atoms with Gasteiger partial charge in [-0.1, -0.05) is 24.4 Å². The fraction of sp³-hybridized carbons (Fsp3) is 0.875. The molecule has 76 valence electrons. The van der Waals surface area contributed by atoms with E-state index in [1.807, 2.05) is 0 Å². The Bertz CT molecular complexity index is 194. The van der Waals surface area contributed by atoms with Gasteiger partial charge < -0.3 is 5.21 Å². The number of rotatable bonds is 1. The first kappa shape index (κ1) is 10.3. The molecule has 0 saturated heterocycles. The summed E-state index contributed by atoms with van der Waals surface area (Å²) in [6, 6.07) is 0. The standard InChI is InChI=1S/C8H12F3NO/c9-8(10,11)7(12-13)6-4-2-1-3-5-6/h6,13H,1-5H2. The minimum Gasteiger partial charge on any atom is -0.411 e. The molecule has 13 heavy (non-hydrogen) atoms. The topological polar surface area (TPSA) is 32.6 Å². The van der Waals surface area contributed by atoms with Crippen LogP contribution >= 0.6 is 0 Å². The van der Waals surface area contributed by atoms with Crippen LogP contribution in [0.1, 0.15) is 32.1 Å². The molecule has 1 saturated carbocycles. The van der Waals surface area contributed by atoms with Gasteiger partial charge in [0.2, 0.25) is 0 Å². The first-order valence-electron chi connectivity index (χ1n) is 4.35. The Morgan fingerprint density at radius 3 is 2.08 bits per heavy atom. The molecular weight excluding hydrogens is 183 g/mol. The van der Waals surface area contributed by atoms with Gasteiger partial charge in [0.25, 0.3) is 0 Å². The van der Waals surface area contributed by atoms with Crippen molar-refractivity contribution in [1.82, 2.24) is 0 Å². The molecule has 0 aliphatic heterocycles. The van der Waals surface area contributed by atoms with E-state index >= 15 is 0 Å². The van der Waals surface area contributed by atoms with Crippen molar-refractivity contribution in [2.75, 3.05) is 0 Å². The summed E-state index contributed by atoms with van der Waals surface area (Å²) >= 11 is 0. The van der Waals surface area contributed by atoms with E-state index in [0.717, 1.165) is 19.3 Å². The average Bonchev–Trinajstić information content (AvgIpc) is 2.05. The van der Waals surface area contributed by atoms with Gasteiger partial charge in [-0.05, 0) is 12.8 Å². The molecule has 0 atom stereocenters. The molecule has 0 spiro atoms. The molecule has 2 nitrogen and oxygen atoms in total. The molecular formula is C8H12F3NO. The molecule has 1 rings (SSSR count). The minimum atomic E-state index is -4.48. The lowest BCUT2D eigenvalue weighted by Gasteiger charge is -2.23. The zero-order valence-electron chi connectivity index (χ0n) is 7.14. The fourth-order valence-corrected chi connectivity index (χ4v) is 1.75. The molecule has 1 aliphatic carbocycles. The van der Waals surface area contributed by atoms with Gasteiger partial charge in [0.15, 0.2) is 5.71 Å². The maximum atomic E-state index is 12.2. The molecule has 1 fully saturated rings. The normalized spacial score (nSPS) is 21.9. The lowest BCUT2D eigenvalue weighted by molar-refractivity contribution is -0.0660. The number of hydrogen-bond donors (Lipinski definition) is 1. The predicted molar refractivity (Wildman–Crippen MR) is 41.9 cm³/mol. The van der Waals surface area contributed by atoms with Crippen LogP contribution in [0.3, 0.4) is 0 Å². The van der Waals surface area contributed by atoms with E-state index in [1.165, 1.54) is 0 Å².